The zero-order chi connectivity index (χ0) is 14.1. The molecule has 0 aromatic carbocycles. The molecule has 0 aliphatic heterocycles. The van der Waals surface area contributed by atoms with E-state index in [2.05, 4.69) is 14.2 Å². The van der Waals surface area contributed by atoms with E-state index in [4.69, 9.17) is 13.7 Å². The van der Waals surface area contributed by atoms with E-state index >= 15 is 0 Å². The Bertz CT molecular complexity index is 209. The van der Waals surface area contributed by atoms with Gasteiger partial charge in [0, 0.05) is 21.1 Å². The first-order chi connectivity index (χ1) is 7.12. The molecule has 0 aromatic heterocycles. The summed E-state index contributed by atoms with van der Waals surface area (Å²) in [5, 5.41) is 0. The van der Waals surface area contributed by atoms with Crippen LogP contribution >= 0.6 is 0 Å². The Morgan fingerprint density at radius 2 is 1.71 bits per heavy atom. The van der Waals surface area contributed by atoms with Crippen LogP contribution in [0.4, 0.5) is 0 Å². The van der Waals surface area contributed by atoms with Crippen molar-refractivity contribution in [2.24, 2.45) is 0 Å². The maximum absolute atomic E-state index is 7.14. The van der Waals surface area contributed by atoms with E-state index in [1.807, 2.05) is 0 Å². The lowest BCUT2D eigenvalue weighted by atomic mass is 11.2. The van der Waals surface area contributed by atoms with Gasteiger partial charge in [-0.25, -0.2) is 0 Å². The molecular formula is C4H10O3. The van der Waals surface area contributed by atoms with Crippen LogP contribution in [0.15, 0.2) is 0 Å². The molecule has 0 aromatic rings. The molecule has 0 fully saturated rings. The summed E-state index contributed by atoms with van der Waals surface area (Å²) in [6.45, 7) is -3.48. The molecule has 44 valence electrons. The fraction of sp³-hybridized carbons (Fsp3) is 1.00. The number of hydrogen-bond donors (Lipinski definition) is 0. The molecule has 0 spiro atoms. The molecule has 0 atom stereocenters. The molecule has 0 aliphatic carbocycles. The summed E-state index contributed by atoms with van der Waals surface area (Å²) in [6.07, 6.45) is 0. The molecule has 3 nitrogen and oxygen atoms in total. The van der Waals surface area contributed by atoms with E-state index in [1.54, 1.807) is 0 Å². The van der Waals surface area contributed by atoms with Crippen LogP contribution in [0.25, 0.3) is 0 Å². The number of rotatable bonds is 3. The minimum atomic E-state index is -3.48. The van der Waals surface area contributed by atoms with Crippen LogP contribution in [0.3, 0.4) is 0 Å². The highest BCUT2D eigenvalue weighted by Crippen LogP contribution is 1.87. The first-order valence-electron chi connectivity index (χ1n) is 6.22. The fourth-order valence-corrected chi connectivity index (χ4v) is 0.0625. The molecule has 0 unspecified atom stereocenters. The van der Waals surface area contributed by atoms with Crippen molar-refractivity contribution < 1.29 is 27.9 Å². The van der Waals surface area contributed by atoms with Gasteiger partial charge in [0.25, 0.3) is 6.45 Å². The summed E-state index contributed by atoms with van der Waals surface area (Å²) < 4.78 is 78.8. The second kappa shape index (κ2) is 4.05. The third-order valence-electron chi connectivity index (χ3n) is 0.250. The van der Waals surface area contributed by atoms with Crippen molar-refractivity contribution in [3.8, 4) is 0 Å². The summed E-state index contributed by atoms with van der Waals surface area (Å²) in [6, 6.07) is 0. The Balaban J connectivity index is 4.95. The molecule has 0 radical (unpaired) electrons. The smallest absolute Gasteiger partial charge is 0.270 e. The maximum atomic E-state index is 7.14. The summed E-state index contributed by atoms with van der Waals surface area (Å²) in [5.74, 6) is 0. The van der Waals surface area contributed by atoms with Gasteiger partial charge in [0.1, 0.15) is 1.37 Å². The quantitative estimate of drug-likeness (QED) is 0.493. The van der Waals surface area contributed by atoms with Gasteiger partial charge in [-0.15, -0.1) is 0 Å². The second-order valence-electron chi connectivity index (χ2n) is 0.556. The Morgan fingerprint density at radius 1 is 1.29 bits per heavy atom. The molecule has 0 bridgehead atoms. The van der Waals surface area contributed by atoms with E-state index in [-0.39, 0.29) is 0 Å². The van der Waals surface area contributed by atoms with Crippen LogP contribution in [0.5, 0.6) is 0 Å². The average molecular weight is 116 g/mol. The van der Waals surface area contributed by atoms with Crippen LogP contribution in [0, 0.1) is 0 Å². The van der Waals surface area contributed by atoms with E-state index in [1.165, 1.54) is 0 Å². The number of ether oxygens (including phenoxy) is 3. The molecule has 0 amide bonds. The van der Waals surface area contributed by atoms with Crippen molar-refractivity contribution in [2.75, 3.05) is 21.1 Å². The van der Waals surface area contributed by atoms with E-state index in [0.29, 0.717) is 0 Å². The number of methoxy groups -OCH3 is 3. The summed E-state index contributed by atoms with van der Waals surface area (Å²) >= 11 is 0. The summed E-state index contributed by atoms with van der Waals surface area (Å²) in [4.78, 5) is 0. The fourth-order valence-electron chi connectivity index (χ4n) is 0.0625. The van der Waals surface area contributed by atoms with Gasteiger partial charge in [-0.3, -0.25) is 0 Å². The highest BCUT2D eigenvalue weighted by atomic mass is 16.8. The monoisotopic (exact) mass is 116 g/mol. The van der Waals surface area contributed by atoms with Crippen molar-refractivity contribution in [1.29, 1.82) is 0 Å². The predicted octanol–water partition coefficient (Wildman–Crippen LogP) is 0.209. The largest absolute Gasteiger partial charge is 0.333 e. The van der Waals surface area contributed by atoms with Gasteiger partial charge in [-0.2, -0.15) is 0 Å². The maximum Gasteiger partial charge on any atom is 0.270 e. The molecular weight excluding hydrogens is 96.0 g/mol. The van der Waals surface area contributed by atoms with Gasteiger partial charge in [0.05, 0.1) is 12.3 Å². The first-order valence-corrected chi connectivity index (χ1v) is 1.22. The van der Waals surface area contributed by atoms with Crippen LogP contribution < -0.4 is 0 Å². The molecule has 3 heteroatoms. The normalized spacial score (nSPS) is 38.3. The minimum absolute atomic E-state index is 3.27. The Kier molecular flexibility index (Phi) is 0.546. The van der Waals surface area contributed by atoms with Gasteiger partial charge < -0.3 is 14.2 Å². The van der Waals surface area contributed by atoms with Gasteiger partial charge >= 0.3 is 0 Å². The van der Waals surface area contributed by atoms with Crippen LogP contribution in [0.1, 0.15) is 13.7 Å². The zero-order valence-electron chi connectivity index (χ0n) is 13.2. The van der Waals surface area contributed by atoms with Gasteiger partial charge in [0.2, 0.25) is 0 Å². The van der Waals surface area contributed by atoms with Crippen molar-refractivity contribution in [3.63, 3.8) is 0 Å². The van der Waals surface area contributed by atoms with Crippen molar-refractivity contribution in [3.05, 3.63) is 0 Å². The first kappa shape index (κ1) is 0.943. The number of hydrogen-bond acceptors (Lipinski definition) is 3. The molecule has 0 N–H and O–H groups in total. The Labute approximate surface area is 57.2 Å². The second-order valence-corrected chi connectivity index (χ2v) is 0.556. The molecule has 0 aliphatic rings. The lowest BCUT2D eigenvalue weighted by molar-refractivity contribution is -0.252. The highest BCUT2D eigenvalue weighted by molar-refractivity contribution is 4.08. The zero-order valence-corrected chi connectivity index (χ0v) is 3.22. The molecule has 7 heavy (non-hydrogen) atoms. The standard InChI is InChI=1S/C4H10O3/c1-5-4(6-2)7-3/h4H,1-3H3/i1D3,2D3,3D3,4D. The topological polar surface area (TPSA) is 27.7 Å². The van der Waals surface area contributed by atoms with Gasteiger partial charge in [-0.05, 0) is 0 Å². The Morgan fingerprint density at radius 3 is 2.00 bits per heavy atom. The van der Waals surface area contributed by atoms with Crippen molar-refractivity contribution in [2.45, 2.75) is 6.45 Å². The molecule has 0 rings (SSSR count). The van der Waals surface area contributed by atoms with E-state index in [0.717, 1.165) is 0 Å². The third-order valence-corrected chi connectivity index (χ3v) is 0.250. The molecule has 0 saturated heterocycles. The van der Waals surface area contributed by atoms with Crippen molar-refractivity contribution >= 4 is 0 Å². The SMILES string of the molecule is [2H]C([2H])([2H])OC([2H])(OC([2H])([2H])[2H])OC([2H])([2H])[2H]. The molecule has 0 saturated carbocycles. The van der Waals surface area contributed by atoms with Gasteiger partial charge in [-0.1, -0.05) is 0 Å². The van der Waals surface area contributed by atoms with E-state index in [9.17, 15) is 0 Å². The lowest BCUT2D eigenvalue weighted by Gasteiger charge is -2.08. The molecule has 0 heterocycles. The average Bonchev–Trinajstić information content (AvgIpc) is 1.65. The minimum Gasteiger partial charge on any atom is -0.333 e. The van der Waals surface area contributed by atoms with E-state index < -0.39 is 27.6 Å². The van der Waals surface area contributed by atoms with Crippen LogP contribution in [-0.4, -0.2) is 27.6 Å². The van der Waals surface area contributed by atoms with Crippen LogP contribution in [0.2, 0.25) is 0 Å². The van der Waals surface area contributed by atoms with Crippen LogP contribution in [-0.2, 0) is 14.2 Å². The summed E-state index contributed by atoms with van der Waals surface area (Å²) in [5.41, 5.74) is 0. The van der Waals surface area contributed by atoms with Gasteiger partial charge in [0.15, 0.2) is 0 Å². The third kappa shape index (κ3) is 2.56. The Hall–Kier alpha value is -0.120. The van der Waals surface area contributed by atoms with Crippen molar-refractivity contribution in [1.82, 2.24) is 0 Å². The highest BCUT2D eigenvalue weighted by Gasteiger charge is 1.96. The predicted molar refractivity (Wildman–Crippen MR) is 24.8 cm³/mol. The lowest BCUT2D eigenvalue weighted by Crippen LogP contribution is -2.14. The summed E-state index contributed by atoms with van der Waals surface area (Å²) in [7, 11) is -9.80.